The standard InChI is InChI=1S/C22H22F2N4O5S/c1-11(29)26-18-6-13-14(9-28(2)15(13)8-25-18)20-21-16(7-19(27-20)34(3,30)31)33-17(10-32-21)22(23,24)12-4-5-12/h6-9,12,17H,4-5,10H2,1-3H3,(H,25,26,29)/i2D3. The molecule has 1 unspecified atom stereocenters. The molecule has 1 aliphatic carbocycles. The lowest BCUT2D eigenvalue weighted by atomic mass is 10.1. The summed E-state index contributed by atoms with van der Waals surface area (Å²) in [5.74, 6) is -4.67. The second-order valence-electron chi connectivity index (χ2n) is 8.46. The molecule has 1 N–H and O–H groups in total. The Hall–Kier alpha value is -3.28. The first-order valence-electron chi connectivity index (χ1n) is 11.9. The van der Waals surface area contributed by atoms with Gasteiger partial charge in [0.05, 0.1) is 11.7 Å². The molecular formula is C22H22F2N4O5S. The number of rotatable bonds is 5. The first kappa shape index (κ1) is 19.1. The molecule has 180 valence electrons. The van der Waals surface area contributed by atoms with E-state index in [1.165, 1.54) is 25.4 Å². The molecule has 0 aromatic carbocycles. The fourth-order valence-corrected chi connectivity index (χ4v) is 4.49. The number of ether oxygens (including phenoxy) is 2. The van der Waals surface area contributed by atoms with Crippen LogP contribution in [0.5, 0.6) is 11.5 Å². The number of carbonyl (C=O) groups is 1. The van der Waals surface area contributed by atoms with Crippen LogP contribution in [0.3, 0.4) is 0 Å². The minimum absolute atomic E-state index is 0.0993. The van der Waals surface area contributed by atoms with Gasteiger partial charge in [-0.15, -0.1) is 0 Å². The molecule has 2 aliphatic rings. The first-order chi connectivity index (χ1) is 17.2. The van der Waals surface area contributed by atoms with Crippen LogP contribution in [0.25, 0.3) is 22.2 Å². The van der Waals surface area contributed by atoms with E-state index >= 15 is 0 Å². The van der Waals surface area contributed by atoms with Crippen molar-refractivity contribution in [3.8, 4) is 22.8 Å². The maximum absolute atomic E-state index is 14.8. The predicted octanol–water partition coefficient (Wildman–Crippen LogP) is 3.18. The van der Waals surface area contributed by atoms with Gasteiger partial charge >= 0.3 is 0 Å². The van der Waals surface area contributed by atoms with Crippen molar-refractivity contribution in [1.82, 2.24) is 14.5 Å². The van der Waals surface area contributed by atoms with Crippen LogP contribution in [0.2, 0.25) is 0 Å². The minimum Gasteiger partial charge on any atom is -0.483 e. The molecule has 9 nitrogen and oxygen atoms in total. The van der Waals surface area contributed by atoms with E-state index in [1.54, 1.807) is 0 Å². The van der Waals surface area contributed by atoms with E-state index in [1.807, 2.05) is 0 Å². The molecule has 3 aromatic heterocycles. The number of aryl methyl sites for hydroxylation is 1. The fraction of sp³-hybridized carbons (Fsp3) is 0.409. The molecule has 1 amide bonds. The van der Waals surface area contributed by atoms with Crippen molar-refractivity contribution >= 4 is 32.5 Å². The molecule has 0 saturated heterocycles. The average molecular weight is 496 g/mol. The Labute approximate surface area is 198 Å². The lowest BCUT2D eigenvalue weighted by molar-refractivity contribution is -0.133. The van der Waals surface area contributed by atoms with Crippen molar-refractivity contribution < 1.29 is 35.6 Å². The van der Waals surface area contributed by atoms with Gasteiger partial charge in [0, 0.05) is 53.4 Å². The summed E-state index contributed by atoms with van der Waals surface area (Å²) in [6.07, 6.45) is 2.45. The van der Waals surface area contributed by atoms with Crippen LogP contribution in [0.4, 0.5) is 14.6 Å². The molecule has 0 radical (unpaired) electrons. The predicted molar refractivity (Wildman–Crippen MR) is 119 cm³/mol. The summed E-state index contributed by atoms with van der Waals surface area (Å²) in [5.41, 5.74) is 0.149. The maximum Gasteiger partial charge on any atom is 0.290 e. The van der Waals surface area contributed by atoms with Gasteiger partial charge < -0.3 is 19.4 Å². The van der Waals surface area contributed by atoms with E-state index < -0.39 is 52.3 Å². The molecule has 1 saturated carbocycles. The van der Waals surface area contributed by atoms with Gasteiger partial charge in [0.1, 0.15) is 18.1 Å². The molecular weight excluding hydrogens is 470 g/mol. The molecule has 3 aromatic rings. The quantitative estimate of drug-likeness (QED) is 0.579. The van der Waals surface area contributed by atoms with Gasteiger partial charge in [-0.25, -0.2) is 27.2 Å². The van der Waals surface area contributed by atoms with Crippen molar-refractivity contribution in [1.29, 1.82) is 0 Å². The number of anilines is 1. The summed E-state index contributed by atoms with van der Waals surface area (Å²) >= 11 is 0. The van der Waals surface area contributed by atoms with Crippen LogP contribution in [-0.2, 0) is 21.6 Å². The Morgan fingerprint density at radius 3 is 2.76 bits per heavy atom. The third-order valence-corrected chi connectivity index (χ3v) is 6.71. The lowest BCUT2D eigenvalue weighted by Gasteiger charge is -2.32. The monoisotopic (exact) mass is 495 g/mol. The maximum atomic E-state index is 14.8. The van der Waals surface area contributed by atoms with Gasteiger partial charge in [-0.3, -0.25) is 4.79 Å². The Kier molecular flexibility index (Phi) is 4.27. The Morgan fingerprint density at radius 2 is 2.12 bits per heavy atom. The van der Waals surface area contributed by atoms with Gasteiger partial charge in [0.15, 0.2) is 32.5 Å². The molecule has 12 heteroatoms. The topological polar surface area (TPSA) is 112 Å². The number of fused-ring (bicyclic) bond motifs is 2. The number of alkyl halides is 2. The van der Waals surface area contributed by atoms with Crippen molar-refractivity contribution in [2.75, 3.05) is 18.2 Å². The number of amides is 1. The summed E-state index contributed by atoms with van der Waals surface area (Å²) in [6, 6.07) is 2.43. The van der Waals surface area contributed by atoms with Crippen molar-refractivity contribution in [3.05, 3.63) is 24.5 Å². The molecule has 0 bridgehead atoms. The average Bonchev–Trinajstić information content (AvgIpc) is 3.58. The van der Waals surface area contributed by atoms with E-state index in [2.05, 4.69) is 15.3 Å². The lowest BCUT2D eigenvalue weighted by Crippen LogP contribution is -2.46. The van der Waals surface area contributed by atoms with Crippen LogP contribution in [0, 0.1) is 5.92 Å². The van der Waals surface area contributed by atoms with E-state index in [0.29, 0.717) is 12.8 Å². The number of hydrogen-bond donors (Lipinski definition) is 1. The molecule has 0 spiro atoms. The van der Waals surface area contributed by atoms with E-state index in [4.69, 9.17) is 13.6 Å². The number of carbonyl (C=O) groups excluding carboxylic acids is 1. The molecule has 34 heavy (non-hydrogen) atoms. The number of nitrogens with one attached hydrogen (secondary N) is 1. The van der Waals surface area contributed by atoms with Crippen LogP contribution in [0.1, 0.15) is 23.9 Å². The second-order valence-corrected chi connectivity index (χ2v) is 10.4. The van der Waals surface area contributed by atoms with Crippen LogP contribution in [0.15, 0.2) is 29.6 Å². The Balaban J connectivity index is 1.73. The van der Waals surface area contributed by atoms with Crippen LogP contribution >= 0.6 is 0 Å². The highest BCUT2D eigenvalue weighted by molar-refractivity contribution is 7.90. The molecule has 1 atom stereocenters. The SMILES string of the molecule is [2H]C([2H])([2H])n1cc(-c2nc(S(C)(=O)=O)cc3c2OCC(C(F)(F)C2CC2)O3)c2cc(NC(C)=O)ncc21. The third kappa shape index (κ3) is 3.85. The second kappa shape index (κ2) is 7.62. The van der Waals surface area contributed by atoms with Gasteiger partial charge in [-0.1, -0.05) is 0 Å². The summed E-state index contributed by atoms with van der Waals surface area (Å²) in [6.45, 7) is -1.90. The van der Waals surface area contributed by atoms with Crippen LogP contribution < -0.4 is 14.8 Å². The Bertz CT molecular complexity index is 1540. The zero-order valence-electron chi connectivity index (χ0n) is 21.1. The highest BCUT2D eigenvalue weighted by atomic mass is 32.2. The third-order valence-electron chi connectivity index (χ3n) is 5.74. The zero-order chi connectivity index (χ0) is 26.9. The molecule has 1 aliphatic heterocycles. The summed E-state index contributed by atoms with van der Waals surface area (Å²) in [5, 5.41) is 2.29. The van der Waals surface area contributed by atoms with Gasteiger partial charge in [0.25, 0.3) is 5.92 Å². The number of hydrogen-bond acceptors (Lipinski definition) is 7. The van der Waals surface area contributed by atoms with Gasteiger partial charge in [0.2, 0.25) is 5.91 Å². The van der Waals surface area contributed by atoms with Crippen molar-refractivity contribution in [2.24, 2.45) is 12.9 Å². The first-order valence-corrected chi connectivity index (χ1v) is 12.3. The van der Waals surface area contributed by atoms with E-state index in [0.717, 1.165) is 16.9 Å². The van der Waals surface area contributed by atoms with Crippen molar-refractivity contribution in [2.45, 2.75) is 36.8 Å². The molecule has 1 fully saturated rings. The molecule has 4 heterocycles. The number of halogens is 2. The van der Waals surface area contributed by atoms with Gasteiger partial charge in [-0.2, -0.15) is 0 Å². The zero-order valence-corrected chi connectivity index (χ0v) is 18.9. The number of nitrogens with zero attached hydrogens (tertiary/aromatic N) is 3. The van der Waals surface area contributed by atoms with E-state index in [-0.39, 0.29) is 39.5 Å². The number of sulfone groups is 1. The van der Waals surface area contributed by atoms with Crippen molar-refractivity contribution in [3.63, 3.8) is 0 Å². The highest BCUT2D eigenvalue weighted by Crippen LogP contribution is 2.50. The normalized spacial score (nSPS) is 19.9. The van der Waals surface area contributed by atoms with Crippen LogP contribution in [-0.4, -0.2) is 53.7 Å². The molecule has 5 rings (SSSR count). The fourth-order valence-electron chi connectivity index (χ4n) is 3.92. The Morgan fingerprint density at radius 1 is 1.35 bits per heavy atom. The summed E-state index contributed by atoms with van der Waals surface area (Å²) in [4.78, 5) is 19.8. The largest absolute Gasteiger partial charge is 0.483 e. The van der Waals surface area contributed by atoms with Gasteiger partial charge in [-0.05, 0) is 18.9 Å². The number of pyridine rings is 2. The number of aromatic nitrogens is 3. The smallest absolute Gasteiger partial charge is 0.290 e. The minimum atomic E-state index is -3.94. The summed E-state index contributed by atoms with van der Waals surface area (Å²) in [7, 11) is -3.94. The highest BCUT2D eigenvalue weighted by Gasteiger charge is 2.55. The summed E-state index contributed by atoms with van der Waals surface area (Å²) < 4.78 is 90.4. The van der Waals surface area contributed by atoms with E-state index in [9.17, 15) is 22.0 Å².